The minimum Gasteiger partial charge on any atom is -0.493 e. The Hall–Kier alpha value is -1.26. The zero-order valence-electron chi connectivity index (χ0n) is 18.0. The third-order valence-corrected chi connectivity index (χ3v) is 9.10. The fourth-order valence-corrected chi connectivity index (χ4v) is 7.16. The van der Waals surface area contributed by atoms with Gasteiger partial charge in [-0.05, 0) is 93.7 Å². The van der Waals surface area contributed by atoms with Crippen LogP contribution in [0.15, 0.2) is 12.1 Å². The molecule has 4 heteroatoms. The fourth-order valence-electron chi connectivity index (χ4n) is 7.16. The molecule has 2 atom stereocenters. The van der Waals surface area contributed by atoms with Crippen LogP contribution in [-0.4, -0.2) is 50.0 Å². The number of methoxy groups -OCH3 is 2. The molecular weight excluding hydrogens is 362 g/mol. The number of hydrogen-bond acceptors (Lipinski definition) is 4. The molecule has 2 aliphatic heterocycles. The molecule has 29 heavy (non-hydrogen) atoms. The van der Waals surface area contributed by atoms with E-state index >= 15 is 0 Å². The number of nitrogens with zero attached hydrogens (tertiary/aromatic N) is 1. The summed E-state index contributed by atoms with van der Waals surface area (Å²) in [5, 5.41) is 0. The Morgan fingerprint density at radius 1 is 1.14 bits per heavy atom. The molecule has 4 saturated carbocycles. The lowest BCUT2D eigenvalue weighted by atomic mass is 9.53. The van der Waals surface area contributed by atoms with Crippen molar-refractivity contribution in [3.05, 3.63) is 23.3 Å². The predicted octanol–water partition coefficient (Wildman–Crippen LogP) is 4.37. The molecular formula is C25H35NO3. The molecule has 7 rings (SSSR count). The van der Waals surface area contributed by atoms with Crippen LogP contribution in [0.5, 0.6) is 11.5 Å². The second-order valence-electron chi connectivity index (χ2n) is 10.4. The van der Waals surface area contributed by atoms with Crippen LogP contribution in [0.3, 0.4) is 0 Å². The molecule has 0 amide bonds. The molecule has 4 fully saturated rings. The van der Waals surface area contributed by atoms with Gasteiger partial charge in [0.1, 0.15) is 11.7 Å². The third kappa shape index (κ3) is 2.78. The first-order chi connectivity index (χ1) is 14.2. The smallest absolute Gasteiger partial charge is 0.165 e. The Morgan fingerprint density at radius 2 is 1.97 bits per heavy atom. The van der Waals surface area contributed by atoms with Crippen LogP contribution >= 0.6 is 0 Å². The largest absolute Gasteiger partial charge is 0.493 e. The first-order valence-electron chi connectivity index (χ1n) is 11.8. The fraction of sp³-hybridized carbons (Fsp3) is 0.760. The van der Waals surface area contributed by atoms with Crippen molar-refractivity contribution in [1.82, 2.24) is 4.90 Å². The van der Waals surface area contributed by atoms with E-state index in [9.17, 15) is 0 Å². The van der Waals surface area contributed by atoms with Crippen molar-refractivity contribution >= 4 is 0 Å². The molecule has 1 spiro atoms. The first-order valence-corrected chi connectivity index (χ1v) is 11.8. The highest BCUT2D eigenvalue weighted by molar-refractivity contribution is 5.52. The number of hydrogen-bond donors (Lipinski definition) is 0. The Kier molecular flexibility index (Phi) is 4.22. The summed E-state index contributed by atoms with van der Waals surface area (Å²) < 4.78 is 18.9. The third-order valence-electron chi connectivity index (χ3n) is 9.10. The molecule has 158 valence electrons. The normalized spacial score (nSPS) is 38.4. The van der Waals surface area contributed by atoms with E-state index in [4.69, 9.17) is 14.2 Å². The molecule has 0 saturated heterocycles. The monoisotopic (exact) mass is 397 g/mol. The van der Waals surface area contributed by atoms with Gasteiger partial charge in [-0.25, -0.2) is 0 Å². The second kappa shape index (κ2) is 6.62. The van der Waals surface area contributed by atoms with E-state index < -0.39 is 0 Å². The van der Waals surface area contributed by atoms with Crippen molar-refractivity contribution < 1.29 is 14.2 Å². The zero-order valence-corrected chi connectivity index (χ0v) is 18.0. The van der Waals surface area contributed by atoms with Gasteiger partial charge in [0.2, 0.25) is 0 Å². The number of rotatable bonds is 4. The molecule has 0 N–H and O–H groups in total. The second-order valence-corrected chi connectivity index (χ2v) is 10.4. The number of fused-ring (bicyclic) bond motifs is 3. The van der Waals surface area contributed by atoms with Gasteiger partial charge in [0.15, 0.2) is 11.5 Å². The van der Waals surface area contributed by atoms with Gasteiger partial charge in [-0.2, -0.15) is 0 Å². The molecule has 4 nitrogen and oxygen atoms in total. The van der Waals surface area contributed by atoms with Gasteiger partial charge in [0, 0.05) is 25.3 Å². The van der Waals surface area contributed by atoms with Gasteiger partial charge in [0.05, 0.1) is 7.11 Å². The van der Waals surface area contributed by atoms with Crippen LogP contribution in [0.1, 0.15) is 62.5 Å². The van der Waals surface area contributed by atoms with Gasteiger partial charge in [-0.3, -0.25) is 4.90 Å². The van der Waals surface area contributed by atoms with Crippen molar-refractivity contribution in [2.24, 2.45) is 11.3 Å². The molecule has 1 aromatic carbocycles. The van der Waals surface area contributed by atoms with Gasteiger partial charge in [-0.15, -0.1) is 0 Å². The Labute approximate surface area is 174 Å². The molecule has 6 aliphatic rings. The summed E-state index contributed by atoms with van der Waals surface area (Å²) in [5.74, 6) is 2.87. The van der Waals surface area contributed by atoms with Crippen molar-refractivity contribution in [3.8, 4) is 11.5 Å². The first kappa shape index (κ1) is 18.5. The lowest BCUT2D eigenvalue weighted by molar-refractivity contribution is -0.195. The van der Waals surface area contributed by atoms with Crippen LogP contribution in [0.2, 0.25) is 0 Å². The number of benzene rings is 1. The SMILES string of the molecule is COc1ccc2c3c1OC1CC4(CCC1(OC)CC4)C(C2)N(CC1CC1)CCC3. The van der Waals surface area contributed by atoms with Crippen LogP contribution in [0.25, 0.3) is 0 Å². The van der Waals surface area contributed by atoms with Crippen LogP contribution in [0, 0.1) is 11.3 Å². The summed E-state index contributed by atoms with van der Waals surface area (Å²) in [6, 6.07) is 5.12. The van der Waals surface area contributed by atoms with E-state index in [0.717, 1.165) is 43.1 Å². The van der Waals surface area contributed by atoms with Crippen molar-refractivity contribution in [2.75, 3.05) is 27.3 Å². The van der Waals surface area contributed by atoms with Gasteiger partial charge in [-0.1, -0.05) is 6.07 Å². The highest BCUT2D eigenvalue weighted by Crippen LogP contribution is 2.59. The summed E-state index contributed by atoms with van der Waals surface area (Å²) in [6.07, 6.45) is 12.5. The van der Waals surface area contributed by atoms with Crippen LogP contribution in [-0.2, 0) is 17.6 Å². The number of ether oxygens (including phenoxy) is 3. The molecule has 4 aliphatic carbocycles. The van der Waals surface area contributed by atoms with Crippen LogP contribution in [0.4, 0.5) is 0 Å². The highest BCUT2D eigenvalue weighted by atomic mass is 16.6. The van der Waals surface area contributed by atoms with E-state index in [-0.39, 0.29) is 11.7 Å². The van der Waals surface area contributed by atoms with Crippen LogP contribution < -0.4 is 9.47 Å². The average Bonchev–Trinajstić information content (AvgIpc) is 3.55. The van der Waals surface area contributed by atoms with Gasteiger partial charge in [0.25, 0.3) is 0 Å². The highest BCUT2D eigenvalue weighted by Gasteiger charge is 2.60. The molecule has 2 unspecified atom stereocenters. The zero-order chi connectivity index (χ0) is 19.6. The molecule has 0 radical (unpaired) electrons. The summed E-state index contributed by atoms with van der Waals surface area (Å²) >= 11 is 0. The summed E-state index contributed by atoms with van der Waals surface area (Å²) in [7, 11) is 3.68. The Morgan fingerprint density at radius 3 is 2.69 bits per heavy atom. The topological polar surface area (TPSA) is 30.9 Å². The van der Waals surface area contributed by atoms with Crippen molar-refractivity contribution in [2.45, 2.75) is 82.0 Å². The lowest BCUT2D eigenvalue weighted by Crippen LogP contribution is -2.64. The van der Waals surface area contributed by atoms with Crippen molar-refractivity contribution in [1.29, 1.82) is 0 Å². The molecule has 1 aromatic rings. The summed E-state index contributed by atoms with van der Waals surface area (Å²) in [4.78, 5) is 2.91. The van der Waals surface area contributed by atoms with E-state index in [0.29, 0.717) is 11.5 Å². The molecule has 2 heterocycles. The maximum atomic E-state index is 6.91. The van der Waals surface area contributed by atoms with Crippen molar-refractivity contribution in [3.63, 3.8) is 0 Å². The van der Waals surface area contributed by atoms with E-state index in [1.54, 1.807) is 7.11 Å². The van der Waals surface area contributed by atoms with E-state index in [1.807, 2.05) is 7.11 Å². The Bertz CT molecular complexity index is 794. The molecule has 7 bridgehead atoms. The Balaban J connectivity index is 1.51. The lowest BCUT2D eigenvalue weighted by Gasteiger charge is -2.60. The quantitative estimate of drug-likeness (QED) is 0.755. The predicted molar refractivity (Wildman–Crippen MR) is 113 cm³/mol. The molecule has 0 aromatic heterocycles. The van der Waals surface area contributed by atoms with E-state index in [2.05, 4.69) is 17.0 Å². The summed E-state index contributed by atoms with van der Waals surface area (Å²) in [5.41, 5.74) is 3.16. The maximum absolute atomic E-state index is 6.91. The van der Waals surface area contributed by atoms with Gasteiger partial charge >= 0.3 is 0 Å². The standard InChI is InChI=1S/C25H35NO3/c1-27-20-8-7-18-14-21-24-9-11-25(28-2,12-10-24)22(15-24)29-23(20)19(18)4-3-13-26(21)16-17-5-6-17/h7-8,17,21-22H,3-6,9-16H2,1-2H3. The van der Waals surface area contributed by atoms with Gasteiger partial charge < -0.3 is 14.2 Å². The average molecular weight is 398 g/mol. The maximum Gasteiger partial charge on any atom is 0.165 e. The summed E-state index contributed by atoms with van der Waals surface area (Å²) in [6.45, 7) is 2.55. The minimum absolute atomic E-state index is 0.121. The van der Waals surface area contributed by atoms with E-state index in [1.165, 1.54) is 62.7 Å². The minimum atomic E-state index is -0.121.